The van der Waals surface area contributed by atoms with Gasteiger partial charge >= 0.3 is 11.9 Å². The monoisotopic (exact) mass is 330 g/mol. The van der Waals surface area contributed by atoms with E-state index in [1.807, 2.05) is 0 Å². The van der Waals surface area contributed by atoms with E-state index in [0.717, 1.165) is 18.9 Å². The summed E-state index contributed by atoms with van der Waals surface area (Å²) >= 11 is 0. The van der Waals surface area contributed by atoms with Gasteiger partial charge < -0.3 is 9.47 Å². The lowest BCUT2D eigenvalue weighted by Crippen LogP contribution is -2.52. The minimum absolute atomic E-state index is 0.0245. The maximum Gasteiger partial charge on any atom is 0.347 e. The van der Waals surface area contributed by atoms with Gasteiger partial charge in [-0.3, -0.25) is 4.18 Å². The summed E-state index contributed by atoms with van der Waals surface area (Å²) in [6, 6.07) is 0. The maximum atomic E-state index is 12.0. The normalized spacial score (nSPS) is 39.0. The van der Waals surface area contributed by atoms with Crippen molar-refractivity contribution in [1.29, 1.82) is 0 Å². The fourth-order valence-corrected chi connectivity index (χ4v) is 5.62. The van der Waals surface area contributed by atoms with Gasteiger partial charge in [0.25, 0.3) is 10.1 Å². The minimum Gasteiger partial charge on any atom is -0.457 e. The molecule has 4 aliphatic rings. The van der Waals surface area contributed by atoms with E-state index in [0.29, 0.717) is 6.42 Å². The standard InChI is InChI=1S/C14H18O7S/c1-3-11(15)19-7(2)14(16)20-12-8-4-5-9-10(6-8)22(17,18)21-13(9)12/h3,7-10,12-13H,1,4-6H2,2H3. The first-order valence-corrected chi connectivity index (χ1v) is 8.76. The summed E-state index contributed by atoms with van der Waals surface area (Å²) in [6.45, 7) is 4.66. The van der Waals surface area contributed by atoms with Gasteiger partial charge in [0.2, 0.25) is 0 Å². The van der Waals surface area contributed by atoms with Gasteiger partial charge in [0, 0.05) is 12.0 Å². The summed E-state index contributed by atoms with van der Waals surface area (Å²) in [7, 11) is -3.56. The molecule has 4 rings (SSSR count). The second-order valence-corrected chi connectivity index (χ2v) is 7.80. The topological polar surface area (TPSA) is 96.0 Å². The van der Waals surface area contributed by atoms with Crippen molar-refractivity contribution in [3.05, 3.63) is 12.7 Å². The fraction of sp³-hybridized carbons (Fsp3) is 0.714. The number of carbonyl (C=O) groups is 2. The molecule has 0 aromatic heterocycles. The number of ether oxygens (including phenoxy) is 2. The van der Waals surface area contributed by atoms with Crippen LogP contribution in [0.1, 0.15) is 26.2 Å². The molecular formula is C14H18O7S. The van der Waals surface area contributed by atoms with E-state index in [1.165, 1.54) is 6.92 Å². The molecule has 8 heteroatoms. The van der Waals surface area contributed by atoms with Crippen molar-refractivity contribution < 1.29 is 31.7 Å². The van der Waals surface area contributed by atoms with E-state index in [9.17, 15) is 18.0 Å². The zero-order chi connectivity index (χ0) is 16.1. The van der Waals surface area contributed by atoms with Crippen LogP contribution in [0.5, 0.6) is 0 Å². The van der Waals surface area contributed by atoms with Gasteiger partial charge in [-0.15, -0.1) is 0 Å². The molecule has 7 nitrogen and oxygen atoms in total. The van der Waals surface area contributed by atoms with Gasteiger partial charge in [-0.2, -0.15) is 8.42 Å². The SMILES string of the molecule is C=CC(=O)OC(C)C(=O)OC1C2CCC3C1OS(=O)(=O)C3C2. The fourth-order valence-electron chi connectivity index (χ4n) is 3.72. The van der Waals surface area contributed by atoms with Crippen LogP contribution in [-0.4, -0.2) is 43.9 Å². The summed E-state index contributed by atoms with van der Waals surface area (Å²) in [5, 5.41) is -0.470. The van der Waals surface area contributed by atoms with Crippen LogP contribution in [-0.2, 0) is 33.4 Å². The number of hydrogen-bond acceptors (Lipinski definition) is 7. The lowest BCUT2D eigenvalue weighted by Gasteiger charge is -2.43. The lowest BCUT2D eigenvalue weighted by atomic mass is 9.67. The summed E-state index contributed by atoms with van der Waals surface area (Å²) in [4.78, 5) is 23.1. The predicted octanol–water partition coefficient (Wildman–Crippen LogP) is 0.543. The van der Waals surface area contributed by atoms with Crippen molar-refractivity contribution in [2.75, 3.05) is 0 Å². The smallest absolute Gasteiger partial charge is 0.347 e. The minimum atomic E-state index is -3.56. The van der Waals surface area contributed by atoms with E-state index in [4.69, 9.17) is 13.7 Å². The molecule has 1 aliphatic heterocycles. The number of rotatable bonds is 4. The highest BCUT2D eigenvalue weighted by Crippen LogP contribution is 2.52. The number of carbonyl (C=O) groups excluding carboxylic acids is 2. The maximum absolute atomic E-state index is 12.0. The molecule has 4 bridgehead atoms. The Labute approximate surface area is 128 Å². The molecule has 3 saturated carbocycles. The van der Waals surface area contributed by atoms with Crippen LogP contribution in [0.3, 0.4) is 0 Å². The molecule has 0 amide bonds. The quantitative estimate of drug-likeness (QED) is 0.422. The van der Waals surface area contributed by atoms with Crippen molar-refractivity contribution in [2.45, 2.75) is 49.7 Å². The molecule has 22 heavy (non-hydrogen) atoms. The molecule has 0 spiro atoms. The molecule has 0 N–H and O–H groups in total. The second kappa shape index (κ2) is 5.34. The zero-order valence-electron chi connectivity index (χ0n) is 12.1. The van der Waals surface area contributed by atoms with E-state index in [1.54, 1.807) is 0 Å². The Balaban J connectivity index is 1.70. The molecule has 1 saturated heterocycles. The second-order valence-electron chi connectivity index (χ2n) is 6.01. The molecule has 1 heterocycles. The Morgan fingerprint density at radius 3 is 2.77 bits per heavy atom. The van der Waals surface area contributed by atoms with Crippen LogP contribution in [0.2, 0.25) is 0 Å². The van der Waals surface area contributed by atoms with Crippen molar-refractivity contribution in [2.24, 2.45) is 11.8 Å². The predicted molar refractivity (Wildman–Crippen MR) is 74.0 cm³/mol. The van der Waals surface area contributed by atoms with Crippen molar-refractivity contribution in [3.8, 4) is 0 Å². The molecule has 4 fully saturated rings. The highest BCUT2D eigenvalue weighted by Gasteiger charge is 2.61. The summed E-state index contributed by atoms with van der Waals surface area (Å²) < 4.78 is 39.3. The first-order valence-electron chi connectivity index (χ1n) is 7.29. The Kier molecular flexibility index (Phi) is 3.76. The Bertz CT molecular complexity index is 611. The average Bonchev–Trinajstić information content (AvgIpc) is 2.70. The van der Waals surface area contributed by atoms with Crippen LogP contribution in [0, 0.1) is 11.8 Å². The molecule has 0 radical (unpaired) electrons. The van der Waals surface area contributed by atoms with Crippen molar-refractivity contribution >= 4 is 22.1 Å². The van der Waals surface area contributed by atoms with Gasteiger partial charge in [-0.05, 0) is 32.1 Å². The zero-order valence-corrected chi connectivity index (χ0v) is 13.0. The van der Waals surface area contributed by atoms with E-state index >= 15 is 0 Å². The highest BCUT2D eigenvalue weighted by molar-refractivity contribution is 7.87. The average molecular weight is 330 g/mol. The number of esters is 2. The summed E-state index contributed by atoms with van der Waals surface area (Å²) in [5.74, 6) is -1.55. The Hall–Kier alpha value is -1.41. The largest absolute Gasteiger partial charge is 0.457 e. The molecular weight excluding hydrogens is 312 g/mol. The number of fused-ring (bicyclic) bond motifs is 1. The van der Waals surface area contributed by atoms with Gasteiger partial charge in [0.15, 0.2) is 6.10 Å². The van der Waals surface area contributed by atoms with Crippen molar-refractivity contribution in [3.63, 3.8) is 0 Å². The first-order chi connectivity index (χ1) is 10.3. The summed E-state index contributed by atoms with van der Waals surface area (Å²) in [6.07, 6.45) is 0.744. The van der Waals surface area contributed by atoms with Crippen LogP contribution in [0.25, 0.3) is 0 Å². The third kappa shape index (κ3) is 2.44. The van der Waals surface area contributed by atoms with Gasteiger partial charge in [0.05, 0.1) is 5.25 Å². The van der Waals surface area contributed by atoms with Crippen molar-refractivity contribution in [1.82, 2.24) is 0 Å². The van der Waals surface area contributed by atoms with Gasteiger partial charge in [0.1, 0.15) is 12.2 Å². The van der Waals surface area contributed by atoms with Gasteiger partial charge in [-0.1, -0.05) is 6.58 Å². The first kappa shape index (κ1) is 15.5. The van der Waals surface area contributed by atoms with E-state index < -0.39 is 45.6 Å². The van der Waals surface area contributed by atoms with Crippen LogP contribution in [0.4, 0.5) is 0 Å². The summed E-state index contributed by atoms with van der Waals surface area (Å²) in [5.41, 5.74) is 0. The highest BCUT2D eigenvalue weighted by atomic mass is 32.2. The van der Waals surface area contributed by atoms with Crippen LogP contribution < -0.4 is 0 Å². The lowest BCUT2D eigenvalue weighted by molar-refractivity contribution is -0.180. The Morgan fingerprint density at radius 2 is 2.09 bits per heavy atom. The van der Waals surface area contributed by atoms with Crippen LogP contribution >= 0.6 is 0 Å². The molecule has 0 aromatic carbocycles. The third-order valence-electron chi connectivity index (χ3n) is 4.75. The third-order valence-corrected chi connectivity index (χ3v) is 6.53. The molecule has 3 aliphatic carbocycles. The van der Waals surface area contributed by atoms with E-state index in [-0.39, 0.29) is 11.8 Å². The molecule has 122 valence electrons. The molecule has 0 aromatic rings. The van der Waals surface area contributed by atoms with Gasteiger partial charge in [-0.25, -0.2) is 9.59 Å². The number of hydrogen-bond donors (Lipinski definition) is 0. The Morgan fingerprint density at radius 1 is 1.36 bits per heavy atom. The molecule has 6 unspecified atom stereocenters. The van der Waals surface area contributed by atoms with Crippen LogP contribution in [0.15, 0.2) is 12.7 Å². The molecule has 6 atom stereocenters. The van der Waals surface area contributed by atoms with E-state index in [2.05, 4.69) is 6.58 Å².